The lowest BCUT2D eigenvalue weighted by molar-refractivity contribution is 0.248. The van der Waals surface area contributed by atoms with E-state index in [1.165, 1.54) is 42.4 Å². The number of thiophene rings is 1. The van der Waals surface area contributed by atoms with Crippen LogP contribution >= 0.6 is 11.3 Å². The molecule has 0 radical (unpaired) electrons. The number of hydrogen-bond acceptors (Lipinski definition) is 2. The Morgan fingerprint density at radius 1 is 1.19 bits per heavy atom. The van der Waals surface area contributed by atoms with E-state index < -0.39 is 0 Å². The molecule has 0 saturated carbocycles. The molecule has 82 valence electrons. The normalized spacial score (nSPS) is 24.6. The topological polar surface area (TPSA) is 3.24 Å². The first kappa shape index (κ1) is 9.20. The van der Waals surface area contributed by atoms with Gasteiger partial charge >= 0.3 is 0 Å². The van der Waals surface area contributed by atoms with Gasteiger partial charge in [0.05, 0.1) is 0 Å². The summed E-state index contributed by atoms with van der Waals surface area (Å²) in [4.78, 5) is 4.35. The fourth-order valence-corrected chi connectivity index (χ4v) is 4.71. The van der Waals surface area contributed by atoms with Gasteiger partial charge < -0.3 is 0 Å². The molecular formula is C14H15NS. The summed E-state index contributed by atoms with van der Waals surface area (Å²) in [7, 11) is 0. The highest BCUT2D eigenvalue weighted by atomic mass is 32.1. The Morgan fingerprint density at radius 2 is 2.12 bits per heavy atom. The second-order valence-corrected chi connectivity index (χ2v) is 5.97. The molecule has 2 aromatic rings. The molecule has 2 heteroatoms. The second-order valence-electron chi connectivity index (χ2n) is 4.89. The highest BCUT2D eigenvalue weighted by molar-refractivity contribution is 7.19. The number of nitrogens with zero attached hydrogens (tertiary/aromatic N) is 1. The van der Waals surface area contributed by atoms with Crippen molar-refractivity contribution in [2.75, 3.05) is 13.1 Å². The molecule has 1 aromatic heterocycles. The smallest absolute Gasteiger partial charge is 0.0445 e. The minimum atomic E-state index is 0.751. The van der Waals surface area contributed by atoms with E-state index in [-0.39, 0.29) is 0 Å². The minimum Gasteiger partial charge on any atom is -0.295 e. The SMILES string of the molecule is c1ccc2c3c(sc2c1)C1CCCN1CC3. The molecule has 0 amide bonds. The van der Waals surface area contributed by atoms with Gasteiger partial charge in [0.15, 0.2) is 0 Å². The van der Waals surface area contributed by atoms with Crippen molar-refractivity contribution in [3.8, 4) is 0 Å². The predicted octanol–water partition coefficient (Wildman–Crippen LogP) is 3.59. The summed E-state index contributed by atoms with van der Waals surface area (Å²) in [6.45, 7) is 2.59. The Balaban J connectivity index is 1.96. The Kier molecular flexibility index (Phi) is 1.91. The minimum absolute atomic E-state index is 0.751. The van der Waals surface area contributed by atoms with Gasteiger partial charge in [-0.1, -0.05) is 18.2 Å². The molecule has 4 rings (SSSR count). The summed E-state index contributed by atoms with van der Waals surface area (Å²) >= 11 is 2.03. The fourth-order valence-electron chi connectivity index (χ4n) is 3.29. The van der Waals surface area contributed by atoms with Crippen LogP contribution in [0.5, 0.6) is 0 Å². The van der Waals surface area contributed by atoms with Crippen molar-refractivity contribution in [1.29, 1.82) is 0 Å². The molecule has 1 unspecified atom stereocenters. The predicted molar refractivity (Wildman–Crippen MR) is 69.1 cm³/mol. The summed E-state index contributed by atoms with van der Waals surface area (Å²) in [5.41, 5.74) is 1.66. The summed E-state index contributed by atoms with van der Waals surface area (Å²) in [5.74, 6) is 0. The molecule has 3 heterocycles. The van der Waals surface area contributed by atoms with Gasteiger partial charge in [0.1, 0.15) is 0 Å². The first-order valence-electron chi connectivity index (χ1n) is 6.18. The number of rotatable bonds is 0. The van der Waals surface area contributed by atoms with E-state index in [0.717, 1.165) is 6.04 Å². The Morgan fingerprint density at radius 3 is 3.12 bits per heavy atom. The van der Waals surface area contributed by atoms with Crippen molar-refractivity contribution in [2.24, 2.45) is 0 Å². The molecule has 0 aliphatic carbocycles. The summed E-state index contributed by atoms with van der Waals surface area (Å²) in [5, 5.41) is 1.52. The van der Waals surface area contributed by atoms with Crippen LogP contribution < -0.4 is 0 Å². The third kappa shape index (κ3) is 1.14. The summed E-state index contributed by atoms with van der Waals surface area (Å²) in [6.07, 6.45) is 4.02. The van der Waals surface area contributed by atoms with E-state index >= 15 is 0 Å². The average Bonchev–Trinajstić information content (AvgIpc) is 2.92. The standard InChI is InChI=1S/C14H15NS/c1-2-6-13-10(4-1)11-7-9-15-8-3-5-12(15)14(11)16-13/h1-2,4,6,12H,3,5,7-9H2. The Bertz CT molecular complexity index is 543. The van der Waals surface area contributed by atoms with Crippen LogP contribution in [0, 0.1) is 0 Å². The van der Waals surface area contributed by atoms with Gasteiger partial charge in [0, 0.05) is 22.2 Å². The zero-order valence-electron chi connectivity index (χ0n) is 9.28. The lowest BCUT2D eigenvalue weighted by Gasteiger charge is -2.29. The monoisotopic (exact) mass is 229 g/mol. The van der Waals surface area contributed by atoms with E-state index in [4.69, 9.17) is 0 Å². The third-order valence-corrected chi connectivity index (χ3v) is 5.36. The van der Waals surface area contributed by atoms with Crippen molar-refractivity contribution in [2.45, 2.75) is 25.3 Å². The molecule has 0 N–H and O–H groups in total. The van der Waals surface area contributed by atoms with Gasteiger partial charge in [-0.25, -0.2) is 0 Å². The molecular weight excluding hydrogens is 214 g/mol. The van der Waals surface area contributed by atoms with Gasteiger partial charge in [-0.05, 0) is 42.8 Å². The van der Waals surface area contributed by atoms with E-state index in [1.807, 2.05) is 11.3 Å². The first-order chi connectivity index (χ1) is 7.93. The lowest BCUT2D eigenvalue weighted by atomic mass is 9.99. The second kappa shape index (κ2) is 3.31. The zero-order valence-corrected chi connectivity index (χ0v) is 10.1. The van der Waals surface area contributed by atoms with Crippen LogP contribution in [0.15, 0.2) is 24.3 Å². The maximum absolute atomic E-state index is 2.68. The summed E-state index contributed by atoms with van der Waals surface area (Å²) < 4.78 is 1.49. The van der Waals surface area contributed by atoms with Crippen LogP contribution in [0.1, 0.15) is 29.3 Å². The highest BCUT2D eigenvalue weighted by Crippen LogP contribution is 2.44. The highest BCUT2D eigenvalue weighted by Gasteiger charge is 2.33. The number of benzene rings is 1. The van der Waals surface area contributed by atoms with Gasteiger partial charge in [-0.3, -0.25) is 4.90 Å². The van der Waals surface area contributed by atoms with Crippen molar-refractivity contribution in [3.05, 3.63) is 34.7 Å². The Hall–Kier alpha value is -0.860. The molecule has 1 nitrogen and oxygen atoms in total. The lowest BCUT2D eigenvalue weighted by Crippen LogP contribution is -2.29. The van der Waals surface area contributed by atoms with Crippen LogP contribution in [-0.2, 0) is 6.42 Å². The quantitative estimate of drug-likeness (QED) is 0.667. The fraction of sp³-hybridized carbons (Fsp3) is 0.429. The maximum Gasteiger partial charge on any atom is 0.0445 e. The summed E-state index contributed by atoms with van der Waals surface area (Å²) in [6, 6.07) is 9.67. The van der Waals surface area contributed by atoms with E-state index in [9.17, 15) is 0 Å². The molecule has 1 saturated heterocycles. The third-order valence-electron chi connectivity index (χ3n) is 4.04. The van der Waals surface area contributed by atoms with Crippen molar-refractivity contribution >= 4 is 21.4 Å². The van der Waals surface area contributed by atoms with Gasteiger partial charge in [0.2, 0.25) is 0 Å². The van der Waals surface area contributed by atoms with Crippen molar-refractivity contribution in [1.82, 2.24) is 4.90 Å². The molecule has 1 fully saturated rings. The Labute approximate surface area is 99.7 Å². The van der Waals surface area contributed by atoms with Crippen molar-refractivity contribution in [3.63, 3.8) is 0 Å². The molecule has 0 spiro atoms. The van der Waals surface area contributed by atoms with Crippen LogP contribution in [0.25, 0.3) is 10.1 Å². The van der Waals surface area contributed by atoms with Crippen molar-refractivity contribution < 1.29 is 0 Å². The molecule has 2 aliphatic heterocycles. The van der Waals surface area contributed by atoms with Crippen LogP contribution in [0.3, 0.4) is 0 Å². The van der Waals surface area contributed by atoms with E-state index in [1.54, 1.807) is 10.4 Å². The van der Waals surface area contributed by atoms with Crippen LogP contribution in [0.4, 0.5) is 0 Å². The first-order valence-corrected chi connectivity index (χ1v) is 6.99. The van der Waals surface area contributed by atoms with Gasteiger partial charge in [-0.15, -0.1) is 11.3 Å². The average molecular weight is 229 g/mol. The van der Waals surface area contributed by atoms with Gasteiger partial charge in [0.25, 0.3) is 0 Å². The molecule has 1 atom stereocenters. The number of hydrogen-bond donors (Lipinski definition) is 0. The number of fused-ring (bicyclic) bond motifs is 5. The van der Waals surface area contributed by atoms with Gasteiger partial charge in [-0.2, -0.15) is 0 Å². The maximum atomic E-state index is 2.68. The molecule has 0 bridgehead atoms. The molecule has 2 aliphatic rings. The van der Waals surface area contributed by atoms with E-state index in [0.29, 0.717) is 0 Å². The van der Waals surface area contributed by atoms with Crippen LogP contribution in [0.2, 0.25) is 0 Å². The zero-order chi connectivity index (χ0) is 10.5. The van der Waals surface area contributed by atoms with E-state index in [2.05, 4.69) is 29.2 Å². The largest absolute Gasteiger partial charge is 0.295 e. The molecule has 1 aromatic carbocycles. The van der Waals surface area contributed by atoms with Crippen LogP contribution in [-0.4, -0.2) is 18.0 Å². The molecule has 16 heavy (non-hydrogen) atoms.